The van der Waals surface area contributed by atoms with Crippen LogP contribution in [0, 0.1) is 0 Å². The highest BCUT2D eigenvalue weighted by Gasteiger charge is 2.42. The van der Waals surface area contributed by atoms with Crippen LogP contribution in [0.3, 0.4) is 0 Å². The molecule has 4 nitrogen and oxygen atoms in total. The molecule has 0 unspecified atom stereocenters. The normalized spacial score (nSPS) is 30.9. The summed E-state index contributed by atoms with van der Waals surface area (Å²) in [6.45, 7) is 2.79. The summed E-state index contributed by atoms with van der Waals surface area (Å²) >= 11 is 0. The molecule has 2 aliphatic rings. The number of hydrogen-bond donors (Lipinski definition) is 1. The van der Waals surface area contributed by atoms with Crippen LogP contribution < -0.4 is 5.73 Å². The summed E-state index contributed by atoms with van der Waals surface area (Å²) in [6.07, 6.45) is 2.69. The van der Waals surface area contributed by atoms with Crippen molar-refractivity contribution in [2.75, 3.05) is 31.1 Å². The maximum Gasteiger partial charge on any atom is 0.150 e. The predicted molar refractivity (Wildman–Crippen MR) is 55.9 cm³/mol. The van der Waals surface area contributed by atoms with E-state index in [-0.39, 0.29) is 5.54 Å². The Hall–Kier alpha value is -0.130. The zero-order chi connectivity index (χ0) is 10.2. The molecule has 0 radical (unpaired) electrons. The van der Waals surface area contributed by atoms with E-state index < -0.39 is 9.84 Å². The van der Waals surface area contributed by atoms with E-state index in [2.05, 4.69) is 4.90 Å². The smallest absolute Gasteiger partial charge is 0.150 e. The molecule has 0 saturated carbocycles. The number of hydrogen-bond acceptors (Lipinski definition) is 4. The van der Waals surface area contributed by atoms with Crippen molar-refractivity contribution < 1.29 is 8.42 Å². The lowest BCUT2D eigenvalue weighted by Crippen LogP contribution is -2.62. The average Bonchev–Trinajstić information content (AvgIpc) is 2.06. The monoisotopic (exact) mass is 218 g/mol. The van der Waals surface area contributed by atoms with E-state index in [1.54, 1.807) is 0 Å². The van der Waals surface area contributed by atoms with Crippen LogP contribution in [0.4, 0.5) is 0 Å². The molecule has 0 bridgehead atoms. The van der Waals surface area contributed by atoms with Crippen LogP contribution in [0.25, 0.3) is 0 Å². The highest BCUT2D eigenvalue weighted by Crippen LogP contribution is 2.32. The summed E-state index contributed by atoms with van der Waals surface area (Å²) in [7, 11) is -2.76. The van der Waals surface area contributed by atoms with Crippen molar-refractivity contribution in [3.8, 4) is 0 Å². The molecule has 2 N–H and O–H groups in total. The maximum absolute atomic E-state index is 11.3. The molecule has 2 heterocycles. The Balaban J connectivity index is 2.08. The van der Waals surface area contributed by atoms with Crippen molar-refractivity contribution >= 4 is 9.84 Å². The summed E-state index contributed by atoms with van der Waals surface area (Å²) in [4.78, 5) is 2.36. The SMILES string of the molecule is NCC1(N2CCC2)CCS(=O)(=O)CC1. The Kier molecular flexibility index (Phi) is 2.57. The first-order chi connectivity index (χ1) is 6.58. The van der Waals surface area contributed by atoms with Gasteiger partial charge >= 0.3 is 0 Å². The van der Waals surface area contributed by atoms with Gasteiger partial charge in [0.15, 0.2) is 0 Å². The van der Waals surface area contributed by atoms with Crippen molar-refractivity contribution in [1.82, 2.24) is 4.90 Å². The van der Waals surface area contributed by atoms with Crippen molar-refractivity contribution in [2.45, 2.75) is 24.8 Å². The molecule has 2 saturated heterocycles. The van der Waals surface area contributed by atoms with Crippen LogP contribution in [0.2, 0.25) is 0 Å². The van der Waals surface area contributed by atoms with Gasteiger partial charge < -0.3 is 5.73 Å². The lowest BCUT2D eigenvalue weighted by Gasteiger charge is -2.50. The largest absolute Gasteiger partial charge is 0.329 e. The van der Waals surface area contributed by atoms with E-state index in [1.807, 2.05) is 0 Å². The third-order valence-corrected chi connectivity index (χ3v) is 5.32. The highest BCUT2D eigenvalue weighted by molar-refractivity contribution is 7.91. The molecule has 14 heavy (non-hydrogen) atoms. The van der Waals surface area contributed by atoms with Crippen molar-refractivity contribution in [3.63, 3.8) is 0 Å². The molecule has 82 valence electrons. The number of nitrogens with zero attached hydrogens (tertiary/aromatic N) is 1. The fraction of sp³-hybridized carbons (Fsp3) is 1.00. The second kappa shape index (κ2) is 3.47. The van der Waals surface area contributed by atoms with E-state index in [1.165, 1.54) is 6.42 Å². The lowest BCUT2D eigenvalue weighted by molar-refractivity contribution is 0.0270. The zero-order valence-electron chi connectivity index (χ0n) is 8.41. The van der Waals surface area contributed by atoms with Crippen LogP contribution in [-0.4, -0.2) is 50.0 Å². The van der Waals surface area contributed by atoms with Gasteiger partial charge in [-0.2, -0.15) is 0 Å². The molecule has 0 aromatic carbocycles. The van der Waals surface area contributed by atoms with Crippen molar-refractivity contribution in [1.29, 1.82) is 0 Å². The van der Waals surface area contributed by atoms with E-state index in [9.17, 15) is 8.42 Å². The Bertz CT molecular complexity index is 295. The fourth-order valence-electron chi connectivity index (χ4n) is 2.36. The van der Waals surface area contributed by atoms with Gasteiger partial charge in [-0.3, -0.25) is 4.90 Å². The van der Waals surface area contributed by atoms with Crippen LogP contribution in [0.15, 0.2) is 0 Å². The average molecular weight is 218 g/mol. The van der Waals surface area contributed by atoms with Gasteiger partial charge in [-0.05, 0) is 32.4 Å². The summed E-state index contributed by atoms with van der Waals surface area (Å²) in [5.41, 5.74) is 5.80. The molecule has 0 aliphatic carbocycles. The third kappa shape index (κ3) is 1.68. The summed E-state index contributed by atoms with van der Waals surface area (Å²) in [5, 5.41) is 0. The van der Waals surface area contributed by atoms with Gasteiger partial charge in [0.25, 0.3) is 0 Å². The van der Waals surface area contributed by atoms with Gasteiger partial charge in [0, 0.05) is 12.1 Å². The Morgan fingerprint density at radius 2 is 1.79 bits per heavy atom. The Morgan fingerprint density at radius 3 is 2.14 bits per heavy atom. The standard InChI is InChI=1S/C9H18N2O2S/c10-8-9(11-4-1-5-11)2-6-14(12,13)7-3-9/h1-8,10H2. The Morgan fingerprint density at radius 1 is 1.21 bits per heavy atom. The van der Waals surface area contributed by atoms with Crippen LogP contribution in [-0.2, 0) is 9.84 Å². The molecule has 5 heteroatoms. The number of sulfone groups is 1. The second-order valence-corrected chi connectivity index (χ2v) is 6.72. The van der Waals surface area contributed by atoms with Gasteiger partial charge in [0.1, 0.15) is 9.84 Å². The van der Waals surface area contributed by atoms with E-state index >= 15 is 0 Å². The van der Waals surface area contributed by atoms with Crippen LogP contribution in [0.5, 0.6) is 0 Å². The van der Waals surface area contributed by atoms with E-state index in [0.29, 0.717) is 18.1 Å². The molecule has 0 atom stereocenters. The van der Waals surface area contributed by atoms with Gasteiger partial charge in [-0.1, -0.05) is 0 Å². The van der Waals surface area contributed by atoms with Gasteiger partial charge in [-0.15, -0.1) is 0 Å². The second-order valence-electron chi connectivity index (χ2n) is 4.42. The van der Waals surface area contributed by atoms with Crippen LogP contribution >= 0.6 is 0 Å². The molecule has 2 fully saturated rings. The molecular formula is C9H18N2O2S. The topological polar surface area (TPSA) is 63.4 Å². The molecule has 0 spiro atoms. The first kappa shape index (κ1) is 10.4. The number of nitrogens with two attached hydrogens (primary N) is 1. The first-order valence-corrected chi connectivity index (χ1v) is 7.06. The molecular weight excluding hydrogens is 200 g/mol. The maximum atomic E-state index is 11.3. The van der Waals surface area contributed by atoms with Gasteiger partial charge in [-0.25, -0.2) is 8.42 Å². The predicted octanol–water partition coefficient (Wildman–Crippen LogP) is -0.402. The number of rotatable bonds is 2. The van der Waals surface area contributed by atoms with E-state index in [4.69, 9.17) is 5.73 Å². The minimum atomic E-state index is -2.76. The molecule has 0 aromatic heterocycles. The fourth-order valence-corrected chi connectivity index (χ4v) is 3.94. The van der Waals surface area contributed by atoms with Gasteiger partial charge in [0.2, 0.25) is 0 Å². The van der Waals surface area contributed by atoms with Crippen molar-refractivity contribution in [3.05, 3.63) is 0 Å². The Labute approximate surface area is 85.4 Å². The molecule has 2 rings (SSSR count). The summed E-state index contributed by atoms with van der Waals surface area (Å²) in [5.74, 6) is 0.640. The number of likely N-dealkylation sites (tertiary alicyclic amines) is 1. The minimum absolute atomic E-state index is 0.00354. The quantitative estimate of drug-likeness (QED) is 0.685. The van der Waals surface area contributed by atoms with E-state index in [0.717, 1.165) is 25.9 Å². The first-order valence-electron chi connectivity index (χ1n) is 5.24. The van der Waals surface area contributed by atoms with Crippen molar-refractivity contribution in [2.24, 2.45) is 5.73 Å². The molecule has 2 aliphatic heterocycles. The highest BCUT2D eigenvalue weighted by atomic mass is 32.2. The lowest BCUT2D eigenvalue weighted by atomic mass is 9.87. The van der Waals surface area contributed by atoms with Gasteiger partial charge in [0.05, 0.1) is 11.5 Å². The molecule has 0 amide bonds. The summed E-state index contributed by atoms with van der Waals surface area (Å²) in [6, 6.07) is 0. The summed E-state index contributed by atoms with van der Waals surface area (Å²) < 4.78 is 22.6. The van der Waals surface area contributed by atoms with Crippen LogP contribution in [0.1, 0.15) is 19.3 Å². The minimum Gasteiger partial charge on any atom is -0.329 e. The zero-order valence-corrected chi connectivity index (χ0v) is 9.22. The molecule has 0 aromatic rings. The third-order valence-electron chi connectivity index (χ3n) is 3.66.